The van der Waals surface area contributed by atoms with Crippen molar-refractivity contribution in [1.82, 2.24) is 5.32 Å². The van der Waals surface area contributed by atoms with E-state index in [1.165, 1.54) is 0 Å². The van der Waals surface area contributed by atoms with E-state index in [-0.39, 0.29) is 17.9 Å². The minimum Gasteiger partial charge on any atom is -0.507 e. The van der Waals surface area contributed by atoms with Crippen LogP contribution >= 0.6 is 0 Å². The number of fused-ring (bicyclic) bond motifs is 3. The van der Waals surface area contributed by atoms with Crippen LogP contribution < -0.4 is 10.9 Å². The van der Waals surface area contributed by atoms with Gasteiger partial charge in [-0.05, 0) is 55.4 Å². The van der Waals surface area contributed by atoms with Gasteiger partial charge in [0.2, 0.25) is 0 Å². The first-order valence-corrected chi connectivity index (χ1v) is 9.84. The van der Waals surface area contributed by atoms with E-state index in [2.05, 4.69) is 5.32 Å². The van der Waals surface area contributed by atoms with Crippen molar-refractivity contribution in [1.29, 1.82) is 0 Å². The summed E-state index contributed by atoms with van der Waals surface area (Å²) in [6.07, 6.45) is 3.80. The van der Waals surface area contributed by atoms with E-state index in [4.69, 9.17) is 4.42 Å². The third-order valence-corrected chi connectivity index (χ3v) is 5.58. The Labute approximate surface area is 167 Å². The lowest BCUT2D eigenvalue weighted by molar-refractivity contribution is -0.139. The monoisotopic (exact) mass is 393 g/mol. The van der Waals surface area contributed by atoms with Crippen LogP contribution in [0.5, 0.6) is 5.75 Å². The molecule has 0 unspecified atom stereocenters. The molecule has 3 N–H and O–H groups in total. The number of phenols is 1. The Morgan fingerprint density at radius 2 is 1.79 bits per heavy atom. The molecule has 1 aromatic heterocycles. The van der Waals surface area contributed by atoms with Crippen LogP contribution in [0.15, 0.2) is 51.7 Å². The number of phenolic OH excluding ortho intramolecular Hbond substituents is 1. The number of hydrogen-bond donors (Lipinski definition) is 3. The molecule has 0 amide bonds. The number of carboxylic acid groups (broad SMARTS) is 1. The smallest absolute Gasteiger partial charge is 0.339 e. The highest BCUT2D eigenvalue weighted by molar-refractivity contribution is 5.86. The molecule has 0 bridgehead atoms. The van der Waals surface area contributed by atoms with Gasteiger partial charge in [-0.25, -0.2) is 4.79 Å². The maximum Gasteiger partial charge on any atom is 0.339 e. The molecule has 4 rings (SSSR count). The lowest BCUT2D eigenvalue weighted by Gasteiger charge is -2.19. The van der Waals surface area contributed by atoms with Gasteiger partial charge in [0.1, 0.15) is 17.4 Å². The van der Waals surface area contributed by atoms with Gasteiger partial charge in [0.05, 0.1) is 5.56 Å². The molecule has 150 valence electrons. The van der Waals surface area contributed by atoms with E-state index < -0.39 is 12.0 Å². The molecule has 1 aliphatic carbocycles. The fraction of sp³-hybridized carbons (Fsp3) is 0.304. The van der Waals surface area contributed by atoms with Crippen LogP contribution in [0, 0.1) is 0 Å². The number of rotatable bonds is 6. The molecule has 0 saturated carbocycles. The zero-order valence-corrected chi connectivity index (χ0v) is 16.0. The van der Waals surface area contributed by atoms with Gasteiger partial charge in [0.15, 0.2) is 0 Å². The van der Waals surface area contributed by atoms with E-state index >= 15 is 0 Å². The SMILES string of the molecule is O=C(O)[C@@H](Cc1ccccc1)NCc1c(O)ccc2c3c(c(=O)oc12)CCCC3. The molecule has 29 heavy (non-hydrogen) atoms. The molecule has 0 aliphatic heterocycles. The summed E-state index contributed by atoms with van der Waals surface area (Å²) in [5.41, 5.74) is 3.00. The molecule has 3 aromatic rings. The summed E-state index contributed by atoms with van der Waals surface area (Å²) in [7, 11) is 0. The minimum atomic E-state index is -0.979. The van der Waals surface area contributed by atoms with Crippen LogP contribution in [0.4, 0.5) is 0 Å². The summed E-state index contributed by atoms with van der Waals surface area (Å²) in [6, 6.07) is 11.9. The summed E-state index contributed by atoms with van der Waals surface area (Å²) < 4.78 is 5.58. The number of nitrogens with one attached hydrogen (secondary N) is 1. The number of benzene rings is 2. The van der Waals surface area contributed by atoms with Gasteiger partial charge in [0.25, 0.3) is 0 Å². The number of carbonyl (C=O) groups is 1. The predicted molar refractivity (Wildman–Crippen MR) is 109 cm³/mol. The molecule has 6 heteroatoms. The van der Waals surface area contributed by atoms with Gasteiger partial charge in [0, 0.05) is 17.5 Å². The molecule has 2 aromatic carbocycles. The van der Waals surface area contributed by atoms with Crippen molar-refractivity contribution in [3.8, 4) is 5.75 Å². The van der Waals surface area contributed by atoms with Crippen molar-refractivity contribution in [2.45, 2.75) is 44.7 Å². The Bertz CT molecular complexity index is 1100. The molecule has 0 spiro atoms. The highest BCUT2D eigenvalue weighted by Crippen LogP contribution is 2.32. The van der Waals surface area contributed by atoms with Gasteiger partial charge in [-0.3, -0.25) is 10.1 Å². The number of aliphatic carboxylic acids is 1. The average Bonchev–Trinajstić information content (AvgIpc) is 2.73. The molecular formula is C23H23NO5. The van der Waals surface area contributed by atoms with Gasteiger partial charge < -0.3 is 14.6 Å². The van der Waals surface area contributed by atoms with Crippen LogP contribution in [0.1, 0.15) is 35.1 Å². The molecule has 1 aliphatic rings. The van der Waals surface area contributed by atoms with Crippen molar-refractivity contribution in [3.05, 3.63) is 75.1 Å². The first-order chi connectivity index (χ1) is 14.0. The van der Waals surface area contributed by atoms with Crippen LogP contribution in [0.2, 0.25) is 0 Å². The van der Waals surface area contributed by atoms with Crippen molar-refractivity contribution in [2.75, 3.05) is 0 Å². The summed E-state index contributed by atoms with van der Waals surface area (Å²) in [5, 5.41) is 23.8. The van der Waals surface area contributed by atoms with E-state index in [0.717, 1.165) is 41.3 Å². The van der Waals surface area contributed by atoms with E-state index in [0.29, 0.717) is 24.0 Å². The lowest BCUT2D eigenvalue weighted by Crippen LogP contribution is -2.38. The maximum atomic E-state index is 12.5. The van der Waals surface area contributed by atoms with Crippen LogP contribution in [-0.2, 0) is 30.6 Å². The van der Waals surface area contributed by atoms with Gasteiger partial charge in [-0.1, -0.05) is 30.3 Å². The second-order valence-electron chi connectivity index (χ2n) is 7.46. The Morgan fingerprint density at radius 1 is 1.07 bits per heavy atom. The fourth-order valence-electron chi connectivity index (χ4n) is 4.05. The highest BCUT2D eigenvalue weighted by atomic mass is 16.4. The summed E-state index contributed by atoms with van der Waals surface area (Å²) in [4.78, 5) is 24.2. The van der Waals surface area contributed by atoms with E-state index in [1.807, 2.05) is 30.3 Å². The second kappa shape index (κ2) is 8.09. The molecular weight excluding hydrogens is 370 g/mol. The third-order valence-electron chi connectivity index (χ3n) is 5.58. The average molecular weight is 393 g/mol. The molecule has 0 fully saturated rings. The zero-order valence-electron chi connectivity index (χ0n) is 16.0. The molecule has 6 nitrogen and oxygen atoms in total. The van der Waals surface area contributed by atoms with Crippen LogP contribution in [0.3, 0.4) is 0 Å². The van der Waals surface area contributed by atoms with Crippen molar-refractivity contribution in [3.63, 3.8) is 0 Å². The fourth-order valence-corrected chi connectivity index (χ4v) is 4.05. The molecule has 1 atom stereocenters. The quantitative estimate of drug-likeness (QED) is 0.556. The summed E-state index contributed by atoms with van der Waals surface area (Å²) in [6.45, 7) is 0.0781. The van der Waals surface area contributed by atoms with Crippen LogP contribution in [0.25, 0.3) is 11.0 Å². The van der Waals surface area contributed by atoms with E-state index in [9.17, 15) is 19.8 Å². The van der Waals surface area contributed by atoms with Crippen molar-refractivity contribution < 1.29 is 19.4 Å². The first-order valence-electron chi connectivity index (χ1n) is 9.84. The summed E-state index contributed by atoms with van der Waals surface area (Å²) >= 11 is 0. The first kappa shape index (κ1) is 19.2. The topological polar surface area (TPSA) is 99.8 Å². The highest BCUT2D eigenvalue weighted by Gasteiger charge is 2.23. The van der Waals surface area contributed by atoms with Crippen molar-refractivity contribution >= 4 is 16.9 Å². The number of hydrogen-bond acceptors (Lipinski definition) is 5. The number of aromatic hydroxyl groups is 1. The minimum absolute atomic E-state index is 0.0206. The van der Waals surface area contributed by atoms with E-state index in [1.54, 1.807) is 12.1 Å². The molecule has 0 saturated heterocycles. The lowest BCUT2D eigenvalue weighted by atomic mass is 9.90. The Hall–Kier alpha value is -3.12. The van der Waals surface area contributed by atoms with Crippen LogP contribution in [-0.4, -0.2) is 22.2 Å². The molecule has 1 heterocycles. The van der Waals surface area contributed by atoms with Gasteiger partial charge >= 0.3 is 11.6 Å². The largest absolute Gasteiger partial charge is 0.507 e. The number of aryl methyl sites for hydroxylation is 1. The Balaban J connectivity index is 1.66. The number of carboxylic acids is 1. The molecule has 0 radical (unpaired) electrons. The summed E-state index contributed by atoms with van der Waals surface area (Å²) in [5.74, 6) is -1.000. The van der Waals surface area contributed by atoms with Crippen molar-refractivity contribution in [2.24, 2.45) is 0 Å². The zero-order chi connectivity index (χ0) is 20.4. The van der Waals surface area contributed by atoms with Gasteiger partial charge in [-0.15, -0.1) is 0 Å². The third kappa shape index (κ3) is 3.89. The normalized spacial score (nSPS) is 14.5. The van der Waals surface area contributed by atoms with Gasteiger partial charge in [-0.2, -0.15) is 0 Å². The maximum absolute atomic E-state index is 12.5. The Kier molecular flexibility index (Phi) is 5.36. The predicted octanol–water partition coefficient (Wildman–Crippen LogP) is 3.16. The second-order valence-corrected chi connectivity index (χ2v) is 7.46. The Morgan fingerprint density at radius 3 is 2.52 bits per heavy atom. The standard InChI is InChI=1S/C23H23NO5/c25-20-11-10-16-15-8-4-5-9-17(15)23(28)29-21(16)18(20)13-24-19(22(26)27)12-14-6-2-1-3-7-14/h1-3,6-7,10-11,19,24-25H,4-5,8-9,12-13H2,(H,26,27)/t19-/m1/s1.